The zero-order valence-electron chi connectivity index (χ0n) is 8.10. The normalized spacial score (nSPS) is 10.7. The third kappa shape index (κ3) is 3.53. The van der Waals surface area contributed by atoms with Crippen molar-refractivity contribution in [2.24, 2.45) is 5.73 Å². The summed E-state index contributed by atoms with van der Waals surface area (Å²) in [6.07, 6.45) is 0.197. The minimum absolute atomic E-state index is 0.103. The van der Waals surface area contributed by atoms with Gasteiger partial charge in [0.2, 0.25) is 0 Å². The maximum atomic E-state index is 13.1. The van der Waals surface area contributed by atoms with Gasteiger partial charge >= 0.3 is 0 Å². The molecule has 0 fully saturated rings. The molecular formula is C10H12F3NO. The fourth-order valence-corrected chi connectivity index (χ4v) is 1.12. The molecule has 1 aromatic rings. The van der Waals surface area contributed by atoms with Crippen LogP contribution in [0.15, 0.2) is 12.1 Å². The first-order valence-corrected chi connectivity index (χ1v) is 4.56. The van der Waals surface area contributed by atoms with Gasteiger partial charge in [0.05, 0.1) is 13.2 Å². The van der Waals surface area contributed by atoms with Crippen molar-refractivity contribution in [3.63, 3.8) is 0 Å². The summed E-state index contributed by atoms with van der Waals surface area (Å²) in [7, 11) is 0. The van der Waals surface area contributed by atoms with Crippen LogP contribution in [0.3, 0.4) is 0 Å². The van der Waals surface area contributed by atoms with E-state index in [-0.39, 0.29) is 18.6 Å². The summed E-state index contributed by atoms with van der Waals surface area (Å²) >= 11 is 0. The second-order valence-corrected chi connectivity index (χ2v) is 3.01. The van der Waals surface area contributed by atoms with Crippen molar-refractivity contribution in [1.82, 2.24) is 0 Å². The number of rotatable bonds is 5. The minimum Gasteiger partial charge on any atom is -0.380 e. The molecule has 0 amide bonds. The summed E-state index contributed by atoms with van der Waals surface area (Å²) in [6.45, 7) is 0.977. The van der Waals surface area contributed by atoms with E-state index in [9.17, 15) is 13.2 Å². The first-order chi connectivity index (χ1) is 7.15. The van der Waals surface area contributed by atoms with E-state index in [0.29, 0.717) is 19.2 Å². The maximum absolute atomic E-state index is 13.1. The maximum Gasteiger partial charge on any atom is 0.161 e. The molecule has 0 aliphatic rings. The van der Waals surface area contributed by atoms with Crippen molar-refractivity contribution >= 4 is 0 Å². The van der Waals surface area contributed by atoms with Gasteiger partial charge in [-0.3, -0.25) is 0 Å². The summed E-state index contributed by atoms with van der Waals surface area (Å²) in [5.41, 5.74) is 5.28. The number of hydrogen-bond acceptors (Lipinski definition) is 2. The molecular weight excluding hydrogens is 207 g/mol. The fourth-order valence-electron chi connectivity index (χ4n) is 1.12. The molecule has 0 saturated heterocycles. The molecule has 2 nitrogen and oxygen atoms in total. The van der Waals surface area contributed by atoms with Crippen LogP contribution in [0, 0.1) is 17.5 Å². The van der Waals surface area contributed by atoms with Gasteiger partial charge < -0.3 is 10.5 Å². The topological polar surface area (TPSA) is 35.2 Å². The second-order valence-electron chi connectivity index (χ2n) is 3.01. The Morgan fingerprint density at radius 1 is 1.00 bits per heavy atom. The molecule has 0 aliphatic carbocycles. The Hall–Kier alpha value is -1.07. The van der Waals surface area contributed by atoms with Crippen molar-refractivity contribution in [3.8, 4) is 0 Å². The molecule has 1 aromatic carbocycles. The summed E-state index contributed by atoms with van der Waals surface area (Å²) in [5, 5.41) is 0. The number of ether oxygens (including phenoxy) is 1. The van der Waals surface area contributed by atoms with Gasteiger partial charge in [0.1, 0.15) is 5.82 Å². The minimum atomic E-state index is -1.18. The lowest BCUT2D eigenvalue weighted by Gasteiger charge is -2.04. The van der Waals surface area contributed by atoms with E-state index < -0.39 is 17.5 Å². The Balaban J connectivity index is 2.57. The number of halogens is 3. The molecule has 0 spiro atoms. The van der Waals surface area contributed by atoms with Crippen LogP contribution >= 0.6 is 0 Å². The van der Waals surface area contributed by atoms with Gasteiger partial charge in [0.15, 0.2) is 11.6 Å². The van der Waals surface area contributed by atoms with E-state index in [1.165, 1.54) is 0 Å². The third-order valence-corrected chi connectivity index (χ3v) is 1.87. The Morgan fingerprint density at radius 3 is 2.33 bits per heavy atom. The zero-order valence-corrected chi connectivity index (χ0v) is 8.10. The Labute approximate surface area is 85.8 Å². The summed E-state index contributed by atoms with van der Waals surface area (Å²) in [4.78, 5) is 0. The van der Waals surface area contributed by atoms with Gasteiger partial charge in [0, 0.05) is 12.6 Å². The molecule has 0 aromatic heterocycles. The first-order valence-electron chi connectivity index (χ1n) is 4.56. The molecule has 0 atom stereocenters. The van der Waals surface area contributed by atoms with Gasteiger partial charge in [-0.05, 0) is 18.1 Å². The summed E-state index contributed by atoms with van der Waals surface area (Å²) in [5.74, 6) is -2.99. The average molecular weight is 219 g/mol. The number of nitrogens with two attached hydrogens (primary N) is 1. The second kappa shape index (κ2) is 5.72. The lowest BCUT2D eigenvalue weighted by molar-refractivity contribution is 0.144. The predicted molar refractivity (Wildman–Crippen MR) is 49.9 cm³/mol. The van der Waals surface area contributed by atoms with E-state index in [1.807, 2.05) is 0 Å². The molecule has 0 radical (unpaired) electrons. The molecule has 0 heterocycles. The van der Waals surface area contributed by atoms with Crippen LogP contribution in [0.1, 0.15) is 5.56 Å². The molecule has 0 saturated carbocycles. The highest BCUT2D eigenvalue weighted by Gasteiger charge is 2.09. The van der Waals surface area contributed by atoms with Gasteiger partial charge in [0.25, 0.3) is 0 Å². The smallest absolute Gasteiger partial charge is 0.161 e. The Morgan fingerprint density at radius 2 is 1.67 bits per heavy atom. The predicted octanol–water partition coefficient (Wildman–Crippen LogP) is 1.62. The van der Waals surface area contributed by atoms with Crippen molar-refractivity contribution in [1.29, 1.82) is 0 Å². The molecule has 0 unspecified atom stereocenters. The molecule has 84 valence electrons. The van der Waals surface area contributed by atoms with E-state index >= 15 is 0 Å². The van der Waals surface area contributed by atoms with Crippen molar-refractivity contribution in [2.75, 3.05) is 19.8 Å². The molecule has 5 heteroatoms. The Kier molecular flexibility index (Phi) is 4.58. The van der Waals surface area contributed by atoms with E-state index in [2.05, 4.69) is 0 Å². The lowest BCUT2D eigenvalue weighted by Crippen LogP contribution is -2.10. The van der Waals surface area contributed by atoms with Gasteiger partial charge in [-0.1, -0.05) is 0 Å². The van der Waals surface area contributed by atoms with Crippen LogP contribution in [0.5, 0.6) is 0 Å². The van der Waals surface area contributed by atoms with Crippen molar-refractivity contribution < 1.29 is 17.9 Å². The van der Waals surface area contributed by atoms with Crippen LogP contribution in [0.2, 0.25) is 0 Å². The average Bonchev–Trinajstić information content (AvgIpc) is 2.20. The largest absolute Gasteiger partial charge is 0.380 e. The SMILES string of the molecule is NCCOCCc1cc(F)c(F)cc1F. The van der Waals surface area contributed by atoms with Crippen molar-refractivity contribution in [3.05, 3.63) is 35.1 Å². The van der Waals surface area contributed by atoms with Crippen LogP contribution in [0.4, 0.5) is 13.2 Å². The number of benzene rings is 1. The highest BCUT2D eigenvalue weighted by Crippen LogP contribution is 2.14. The van der Waals surface area contributed by atoms with Gasteiger partial charge in [-0.2, -0.15) is 0 Å². The molecule has 1 rings (SSSR count). The first kappa shape index (κ1) is 12.0. The highest BCUT2D eigenvalue weighted by atomic mass is 19.2. The standard InChI is InChI=1S/C10H12F3NO/c11-8-6-10(13)9(12)5-7(8)1-3-15-4-2-14/h5-6H,1-4,14H2. The highest BCUT2D eigenvalue weighted by molar-refractivity contribution is 5.20. The monoisotopic (exact) mass is 219 g/mol. The fraction of sp³-hybridized carbons (Fsp3) is 0.400. The van der Waals surface area contributed by atoms with Crippen LogP contribution in [-0.2, 0) is 11.2 Å². The zero-order chi connectivity index (χ0) is 11.3. The number of hydrogen-bond donors (Lipinski definition) is 1. The van der Waals surface area contributed by atoms with Crippen LogP contribution in [-0.4, -0.2) is 19.8 Å². The molecule has 15 heavy (non-hydrogen) atoms. The van der Waals surface area contributed by atoms with Gasteiger partial charge in [-0.15, -0.1) is 0 Å². The van der Waals surface area contributed by atoms with Crippen LogP contribution < -0.4 is 5.73 Å². The summed E-state index contributed by atoms with van der Waals surface area (Å²) in [6, 6.07) is 1.38. The summed E-state index contributed by atoms with van der Waals surface area (Å²) < 4.78 is 43.3. The van der Waals surface area contributed by atoms with Crippen LogP contribution in [0.25, 0.3) is 0 Å². The molecule has 0 aliphatic heterocycles. The lowest BCUT2D eigenvalue weighted by atomic mass is 10.1. The van der Waals surface area contributed by atoms with E-state index in [0.717, 1.165) is 6.07 Å². The molecule has 0 bridgehead atoms. The van der Waals surface area contributed by atoms with Crippen molar-refractivity contribution in [2.45, 2.75) is 6.42 Å². The van der Waals surface area contributed by atoms with Gasteiger partial charge in [-0.25, -0.2) is 13.2 Å². The molecule has 2 N–H and O–H groups in total. The van der Waals surface area contributed by atoms with E-state index in [1.54, 1.807) is 0 Å². The van der Waals surface area contributed by atoms with E-state index in [4.69, 9.17) is 10.5 Å². The third-order valence-electron chi connectivity index (χ3n) is 1.87. The Bertz CT molecular complexity index is 331. The quantitative estimate of drug-likeness (QED) is 0.603.